The predicted molar refractivity (Wildman–Crippen MR) is 104 cm³/mol. The zero-order chi connectivity index (χ0) is 14.8. The van der Waals surface area contributed by atoms with Crippen LogP contribution in [0.25, 0.3) is 10.9 Å². The fraction of sp³-hybridized carbons (Fsp3) is 0.471. The van der Waals surface area contributed by atoms with Crippen LogP contribution in [0.2, 0.25) is 0 Å². The van der Waals surface area contributed by atoms with E-state index >= 15 is 0 Å². The molecular formula is C17H25IN4. The largest absolute Gasteiger partial charge is 0.358 e. The number of para-hydroxylation sites is 1. The molecule has 2 atom stereocenters. The molecule has 4 nitrogen and oxygen atoms in total. The molecule has 0 radical (unpaired) electrons. The number of benzene rings is 1. The smallest absolute Gasteiger partial charge is 0.191 e. The molecule has 3 N–H and O–H groups in total. The SMILES string of the molecule is CN=C(NCCc1c(C)[nH]c2ccccc12)NC1CC1C.I. The molecule has 5 heteroatoms. The fourth-order valence-electron chi connectivity index (χ4n) is 2.86. The van der Waals surface area contributed by atoms with E-state index in [0.29, 0.717) is 6.04 Å². The Hall–Kier alpha value is -1.24. The van der Waals surface area contributed by atoms with Crippen molar-refractivity contribution in [1.29, 1.82) is 0 Å². The number of rotatable bonds is 4. The molecule has 0 amide bonds. The summed E-state index contributed by atoms with van der Waals surface area (Å²) in [6, 6.07) is 9.09. The Bertz CT molecular complexity index is 662. The fourth-order valence-corrected chi connectivity index (χ4v) is 2.86. The molecule has 0 aliphatic heterocycles. The maximum Gasteiger partial charge on any atom is 0.191 e. The van der Waals surface area contributed by atoms with Gasteiger partial charge >= 0.3 is 0 Å². The van der Waals surface area contributed by atoms with Crippen molar-refractivity contribution >= 4 is 40.8 Å². The van der Waals surface area contributed by atoms with Crippen molar-refractivity contribution in [3.05, 3.63) is 35.5 Å². The second kappa shape index (κ2) is 7.35. The Kier molecular flexibility index (Phi) is 5.72. The van der Waals surface area contributed by atoms with Crippen LogP contribution in [-0.4, -0.2) is 30.6 Å². The Morgan fingerprint density at radius 3 is 2.77 bits per heavy atom. The van der Waals surface area contributed by atoms with Crippen LogP contribution in [0.1, 0.15) is 24.6 Å². The number of guanidine groups is 1. The summed E-state index contributed by atoms with van der Waals surface area (Å²) in [6.07, 6.45) is 2.25. The quantitative estimate of drug-likeness (QED) is 0.411. The molecule has 0 bridgehead atoms. The number of aromatic nitrogens is 1. The van der Waals surface area contributed by atoms with E-state index in [0.717, 1.165) is 24.8 Å². The average Bonchev–Trinajstić information content (AvgIpc) is 3.08. The first kappa shape index (κ1) is 17.1. The summed E-state index contributed by atoms with van der Waals surface area (Å²) in [4.78, 5) is 7.75. The van der Waals surface area contributed by atoms with Gasteiger partial charge in [-0.05, 0) is 37.3 Å². The van der Waals surface area contributed by atoms with Crippen LogP contribution in [0.15, 0.2) is 29.3 Å². The van der Waals surface area contributed by atoms with E-state index in [1.165, 1.54) is 28.6 Å². The van der Waals surface area contributed by atoms with Gasteiger partial charge in [0.25, 0.3) is 0 Å². The third-order valence-corrected chi connectivity index (χ3v) is 4.35. The molecule has 1 aromatic heterocycles. The van der Waals surface area contributed by atoms with Gasteiger partial charge in [0, 0.05) is 36.2 Å². The molecule has 1 heterocycles. The first-order valence-corrected chi connectivity index (χ1v) is 7.72. The van der Waals surface area contributed by atoms with Crippen molar-refractivity contribution in [3.63, 3.8) is 0 Å². The van der Waals surface area contributed by atoms with Crippen LogP contribution in [0.3, 0.4) is 0 Å². The predicted octanol–water partition coefficient (Wildman–Crippen LogP) is 3.21. The van der Waals surface area contributed by atoms with Gasteiger partial charge in [-0.25, -0.2) is 0 Å². The highest BCUT2D eigenvalue weighted by atomic mass is 127. The van der Waals surface area contributed by atoms with Gasteiger partial charge in [0.15, 0.2) is 5.96 Å². The highest BCUT2D eigenvalue weighted by Crippen LogP contribution is 2.28. The van der Waals surface area contributed by atoms with E-state index in [9.17, 15) is 0 Å². The minimum absolute atomic E-state index is 0. The van der Waals surface area contributed by atoms with Gasteiger partial charge in [0.05, 0.1) is 0 Å². The Labute approximate surface area is 149 Å². The van der Waals surface area contributed by atoms with Crippen molar-refractivity contribution in [3.8, 4) is 0 Å². The molecule has 1 aliphatic carbocycles. The minimum atomic E-state index is 0. The second-order valence-electron chi connectivity index (χ2n) is 5.99. The zero-order valence-electron chi connectivity index (χ0n) is 13.4. The maximum atomic E-state index is 4.29. The summed E-state index contributed by atoms with van der Waals surface area (Å²) < 4.78 is 0. The lowest BCUT2D eigenvalue weighted by Crippen LogP contribution is -2.39. The lowest BCUT2D eigenvalue weighted by Gasteiger charge is -2.11. The van der Waals surface area contributed by atoms with Crippen LogP contribution >= 0.6 is 24.0 Å². The van der Waals surface area contributed by atoms with E-state index in [2.05, 4.69) is 58.7 Å². The summed E-state index contributed by atoms with van der Waals surface area (Å²) >= 11 is 0. The van der Waals surface area contributed by atoms with Crippen molar-refractivity contribution in [2.24, 2.45) is 10.9 Å². The highest BCUT2D eigenvalue weighted by Gasteiger charge is 2.33. The number of aromatic amines is 1. The van der Waals surface area contributed by atoms with E-state index in [1.54, 1.807) is 0 Å². The van der Waals surface area contributed by atoms with Gasteiger partial charge in [-0.3, -0.25) is 4.99 Å². The molecule has 1 saturated carbocycles. The molecule has 1 aliphatic rings. The van der Waals surface area contributed by atoms with E-state index < -0.39 is 0 Å². The van der Waals surface area contributed by atoms with E-state index in [4.69, 9.17) is 0 Å². The number of H-pyrrole nitrogens is 1. The molecule has 3 rings (SSSR count). The third-order valence-electron chi connectivity index (χ3n) is 4.35. The Morgan fingerprint density at radius 2 is 2.09 bits per heavy atom. The summed E-state index contributed by atoms with van der Waals surface area (Å²) in [5.74, 6) is 1.70. The Balaban J connectivity index is 0.00000176. The Morgan fingerprint density at radius 1 is 1.36 bits per heavy atom. The molecule has 1 aromatic carbocycles. The molecule has 0 spiro atoms. The van der Waals surface area contributed by atoms with Crippen molar-refractivity contribution in [1.82, 2.24) is 15.6 Å². The van der Waals surface area contributed by atoms with Gasteiger partial charge in [0.2, 0.25) is 0 Å². The van der Waals surface area contributed by atoms with Crippen LogP contribution in [-0.2, 0) is 6.42 Å². The molecule has 22 heavy (non-hydrogen) atoms. The van der Waals surface area contributed by atoms with Crippen LogP contribution in [0, 0.1) is 12.8 Å². The van der Waals surface area contributed by atoms with Crippen molar-refractivity contribution in [2.75, 3.05) is 13.6 Å². The molecule has 2 unspecified atom stereocenters. The van der Waals surface area contributed by atoms with Crippen LogP contribution in [0.4, 0.5) is 0 Å². The lowest BCUT2D eigenvalue weighted by molar-refractivity contribution is 0.758. The number of hydrogen-bond acceptors (Lipinski definition) is 1. The number of fused-ring (bicyclic) bond motifs is 1. The summed E-state index contributed by atoms with van der Waals surface area (Å²) in [5.41, 5.74) is 3.88. The first-order chi connectivity index (χ1) is 10.2. The average molecular weight is 412 g/mol. The van der Waals surface area contributed by atoms with Crippen molar-refractivity contribution in [2.45, 2.75) is 32.7 Å². The van der Waals surface area contributed by atoms with Gasteiger partial charge in [0.1, 0.15) is 0 Å². The highest BCUT2D eigenvalue weighted by molar-refractivity contribution is 14.0. The molecule has 120 valence electrons. The number of aryl methyl sites for hydroxylation is 1. The third kappa shape index (κ3) is 3.74. The zero-order valence-corrected chi connectivity index (χ0v) is 15.8. The standard InChI is InChI=1S/C17H24N4.HI/c1-11-10-16(11)21-17(18-3)19-9-8-13-12(2)20-15-7-5-4-6-14(13)15;/h4-7,11,16,20H,8-10H2,1-3H3,(H2,18,19,21);1H. The van der Waals surface area contributed by atoms with Gasteiger partial charge in [-0.15, -0.1) is 24.0 Å². The van der Waals surface area contributed by atoms with E-state index in [1.807, 2.05) is 7.05 Å². The first-order valence-electron chi connectivity index (χ1n) is 7.72. The maximum absolute atomic E-state index is 4.29. The molecule has 2 aromatic rings. The van der Waals surface area contributed by atoms with E-state index in [-0.39, 0.29) is 24.0 Å². The lowest BCUT2D eigenvalue weighted by atomic mass is 10.1. The summed E-state index contributed by atoms with van der Waals surface area (Å²) in [7, 11) is 1.83. The van der Waals surface area contributed by atoms with Gasteiger partial charge < -0.3 is 15.6 Å². The van der Waals surface area contributed by atoms with Crippen LogP contribution < -0.4 is 10.6 Å². The topological polar surface area (TPSA) is 52.2 Å². The minimum Gasteiger partial charge on any atom is -0.358 e. The normalized spacial score (nSPS) is 20.6. The number of halogens is 1. The summed E-state index contributed by atoms with van der Waals surface area (Å²) in [6.45, 7) is 5.30. The number of nitrogens with zero attached hydrogens (tertiary/aromatic N) is 1. The molecular weight excluding hydrogens is 387 g/mol. The van der Waals surface area contributed by atoms with Gasteiger partial charge in [-0.2, -0.15) is 0 Å². The number of aliphatic imine (C=N–C) groups is 1. The van der Waals surface area contributed by atoms with Crippen molar-refractivity contribution < 1.29 is 0 Å². The van der Waals surface area contributed by atoms with Crippen LogP contribution in [0.5, 0.6) is 0 Å². The second-order valence-corrected chi connectivity index (χ2v) is 5.99. The van der Waals surface area contributed by atoms with Gasteiger partial charge in [-0.1, -0.05) is 25.1 Å². The number of nitrogens with one attached hydrogen (secondary N) is 3. The molecule has 1 fully saturated rings. The molecule has 0 saturated heterocycles. The monoisotopic (exact) mass is 412 g/mol. The summed E-state index contributed by atoms with van der Waals surface area (Å²) in [5, 5.41) is 8.20. The number of hydrogen-bond donors (Lipinski definition) is 3.